The van der Waals surface area contributed by atoms with E-state index in [0.29, 0.717) is 39.1 Å². The molecular formula is C14H22N2O5S. The van der Waals surface area contributed by atoms with E-state index in [0.717, 1.165) is 18.4 Å². The lowest BCUT2D eigenvalue weighted by atomic mass is 10.2. The van der Waals surface area contributed by atoms with Crippen molar-refractivity contribution in [2.75, 3.05) is 26.0 Å². The summed E-state index contributed by atoms with van der Waals surface area (Å²) in [6.45, 7) is 1.79. The molecule has 0 bridgehead atoms. The van der Waals surface area contributed by atoms with E-state index in [1.165, 1.54) is 4.31 Å². The van der Waals surface area contributed by atoms with Crippen molar-refractivity contribution in [2.45, 2.75) is 31.9 Å². The number of amides is 1. The van der Waals surface area contributed by atoms with Crippen LogP contribution in [0.2, 0.25) is 0 Å². The number of rotatable bonds is 8. The third kappa shape index (κ3) is 4.82. The average molecular weight is 330 g/mol. The van der Waals surface area contributed by atoms with Gasteiger partial charge in [-0.2, -0.15) is 4.31 Å². The predicted molar refractivity (Wildman–Crippen MR) is 80.6 cm³/mol. The number of carbonyl (C=O) groups is 1. The van der Waals surface area contributed by atoms with Gasteiger partial charge in [0, 0.05) is 19.7 Å². The first-order valence-corrected chi connectivity index (χ1v) is 9.18. The molecule has 1 aliphatic heterocycles. The van der Waals surface area contributed by atoms with Crippen molar-refractivity contribution in [1.82, 2.24) is 9.62 Å². The van der Waals surface area contributed by atoms with Gasteiger partial charge in [0.2, 0.25) is 15.9 Å². The molecule has 1 aromatic rings. The van der Waals surface area contributed by atoms with Crippen molar-refractivity contribution in [3.05, 3.63) is 24.2 Å². The summed E-state index contributed by atoms with van der Waals surface area (Å²) in [5, 5.41) is 2.77. The van der Waals surface area contributed by atoms with E-state index in [-0.39, 0.29) is 5.91 Å². The van der Waals surface area contributed by atoms with Gasteiger partial charge in [0.1, 0.15) is 18.4 Å². The standard InChI is InChI=1S/C14H22N2O5S/c1-22(18,19)16-8-2-6-13(16)14(17)15-7-4-9-20-11-12-5-3-10-21-12/h3,5,10,13H,2,4,6-9,11H2,1H3,(H,15,17)/t13-/m0/s1. The molecule has 1 aliphatic rings. The zero-order valence-corrected chi connectivity index (χ0v) is 13.5. The summed E-state index contributed by atoms with van der Waals surface area (Å²) in [4.78, 5) is 12.0. The molecule has 8 heteroatoms. The molecule has 0 radical (unpaired) electrons. The second-order valence-corrected chi connectivity index (χ2v) is 7.24. The summed E-state index contributed by atoms with van der Waals surface area (Å²) in [7, 11) is -3.32. The van der Waals surface area contributed by atoms with Crippen molar-refractivity contribution < 1.29 is 22.4 Å². The summed E-state index contributed by atoms with van der Waals surface area (Å²) >= 11 is 0. The van der Waals surface area contributed by atoms with Crippen molar-refractivity contribution in [3.63, 3.8) is 0 Å². The van der Waals surface area contributed by atoms with Gasteiger partial charge >= 0.3 is 0 Å². The van der Waals surface area contributed by atoms with Crippen LogP contribution in [0, 0.1) is 0 Å². The Labute approximate surface area is 130 Å². The third-order valence-electron chi connectivity index (χ3n) is 3.52. The predicted octanol–water partition coefficient (Wildman–Crippen LogP) is 0.727. The number of ether oxygens (including phenoxy) is 1. The van der Waals surface area contributed by atoms with Crippen molar-refractivity contribution in [3.8, 4) is 0 Å². The molecule has 1 amide bonds. The van der Waals surface area contributed by atoms with Crippen LogP contribution in [0.4, 0.5) is 0 Å². The Morgan fingerprint density at radius 1 is 1.55 bits per heavy atom. The fourth-order valence-electron chi connectivity index (χ4n) is 2.47. The number of nitrogens with one attached hydrogen (secondary N) is 1. The van der Waals surface area contributed by atoms with Gasteiger partial charge in [-0.3, -0.25) is 4.79 Å². The number of furan rings is 1. The Balaban J connectivity index is 1.63. The lowest BCUT2D eigenvalue weighted by Gasteiger charge is -2.21. The second kappa shape index (κ2) is 7.75. The van der Waals surface area contributed by atoms with Gasteiger partial charge in [-0.25, -0.2) is 8.42 Å². The Hall–Kier alpha value is -1.38. The first-order valence-electron chi connectivity index (χ1n) is 7.33. The maximum absolute atomic E-state index is 12.0. The molecule has 2 rings (SSSR count). The minimum Gasteiger partial charge on any atom is -0.467 e. The quantitative estimate of drug-likeness (QED) is 0.710. The molecule has 1 N–H and O–H groups in total. The van der Waals surface area contributed by atoms with Crippen LogP contribution in [0.25, 0.3) is 0 Å². The Kier molecular flexibility index (Phi) is 5.98. The molecule has 7 nitrogen and oxygen atoms in total. The topological polar surface area (TPSA) is 88.9 Å². The monoisotopic (exact) mass is 330 g/mol. The fourth-order valence-corrected chi connectivity index (χ4v) is 3.59. The molecule has 1 atom stereocenters. The zero-order chi connectivity index (χ0) is 16.0. The molecule has 1 saturated heterocycles. The van der Waals surface area contributed by atoms with Crippen LogP contribution in [0.15, 0.2) is 22.8 Å². The summed E-state index contributed by atoms with van der Waals surface area (Å²) < 4.78 is 35.0. The lowest BCUT2D eigenvalue weighted by Crippen LogP contribution is -2.45. The van der Waals surface area contributed by atoms with Crippen LogP contribution in [0.3, 0.4) is 0 Å². The van der Waals surface area contributed by atoms with Crippen molar-refractivity contribution >= 4 is 15.9 Å². The highest BCUT2D eigenvalue weighted by atomic mass is 32.2. The maximum Gasteiger partial charge on any atom is 0.238 e. The fraction of sp³-hybridized carbons (Fsp3) is 0.643. The van der Waals surface area contributed by atoms with Crippen LogP contribution in [-0.2, 0) is 26.2 Å². The molecule has 1 aromatic heterocycles. The van der Waals surface area contributed by atoms with Gasteiger partial charge < -0.3 is 14.5 Å². The number of hydrogen-bond acceptors (Lipinski definition) is 5. The number of hydrogen-bond donors (Lipinski definition) is 1. The van der Waals surface area contributed by atoms with Crippen LogP contribution < -0.4 is 5.32 Å². The molecular weight excluding hydrogens is 308 g/mol. The van der Waals surface area contributed by atoms with Gasteiger partial charge in [-0.15, -0.1) is 0 Å². The van der Waals surface area contributed by atoms with Crippen molar-refractivity contribution in [2.24, 2.45) is 0 Å². The van der Waals surface area contributed by atoms with Crippen LogP contribution in [0.5, 0.6) is 0 Å². The molecule has 0 saturated carbocycles. The van der Waals surface area contributed by atoms with E-state index >= 15 is 0 Å². The van der Waals surface area contributed by atoms with Gasteiger partial charge in [-0.05, 0) is 31.4 Å². The van der Waals surface area contributed by atoms with Crippen LogP contribution >= 0.6 is 0 Å². The van der Waals surface area contributed by atoms with Gasteiger partial charge in [0.15, 0.2) is 0 Å². The van der Waals surface area contributed by atoms with E-state index in [1.54, 1.807) is 12.3 Å². The number of nitrogens with zero attached hydrogens (tertiary/aromatic N) is 1. The number of sulfonamides is 1. The molecule has 2 heterocycles. The normalized spacial score (nSPS) is 19.4. The summed E-state index contributed by atoms with van der Waals surface area (Å²) in [5.74, 6) is 0.535. The Morgan fingerprint density at radius 3 is 3.05 bits per heavy atom. The SMILES string of the molecule is CS(=O)(=O)N1CCC[C@H]1C(=O)NCCCOCc1ccco1. The largest absolute Gasteiger partial charge is 0.467 e. The van der Waals surface area contributed by atoms with E-state index in [2.05, 4.69) is 5.32 Å². The summed E-state index contributed by atoms with van der Waals surface area (Å²) in [6, 6.07) is 3.06. The van der Waals surface area contributed by atoms with Crippen molar-refractivity contribution in [1.29, 1.82) is 0 Å². The lowest BCUT2D eigenvalue weighted by molar-refractivity contribution is -0.124. The first kappa shape index (κ1) is 17.0. The molecule has 0 aromatic carbocycles. The third-order valence-corrected chi connectivity index (χ3v) is 4.81. The first-order chi connectivity index (χ1) is 10.5. The van der Waals surface area contributed by atoms with Crippen LogP contribution in [0.1, 0.15) is 25.0 Å². The molecule has 0 aliphatic carbocycles. The van der Waals surface area contributed by atoms with Gasteiger partial charge in [0.05, 0.1) is 12.5 Å². The van der Waals surface area contributed by atoms with E-state index < -0.39 is 16.1 Å². The average Bonchev–Trinajstić information content (AvgIpc) is 3.11. The molecule has 0 unspecified atom stereocenters. The maximum atomic E-state index is 12.0. The highest BCUT2D eigenvalue weighted by molar-refractivity contribution is 7.88. The second-order valence-electron chi connectivity index (χ2n) is 5.31. The van der Waals surface area contributed by atoms with Gasteiger partial charge in [0.25, 0.3) is 0 Å². The Bertz CT molecular complexity index is 570. The zero-order valence-electron chi connectivity index (χ0n) is 12.7. The molecule has 22 heavy (non-hydrogen) atoms. The smallest absolute Gasteiger partial charge is 0.238 e. The Morgan fingerprint density at radius 2 is 2.36 bits per heavy atom. The minimum absolute atomic E-state index is 0.228. The van der Waals surface area contributed by atoms with Crippen LogP contribution in [-0.4, -0.2) is 50.6 Å². The highest BCUT2D eigenvalue weighted by Crippen LogP contribution is 2.20. The van der Waals surface area contributed by atoms with Gasteiger partial charge in [-0.1, -0.05) is 0 Å². The molecule has 124 valence electrons. The van der Waals surface area contributed by atoms with E-state index in [1.807, 2.05) is 6.07 Å². The minimum atomic E-state index is -3.32. The molecule has 1 fully saturated rings. The summed E-state index contributed by atoms with van der Waals surface area (Å²) in [5.41, 5.74) is 0. The molecule has 0 spiro atoms. The number of carbonyl (C=O) groups excluding carboxylic acids is 1. The summed E-state index contributed by atoms with van der Waals surface area (Å²) in [6.07, 6.45) is 4.69. The van der Waals surface area contributed by atoms with E-state index in [4.69, 9.17) is 9.15 Å². The van der Waals surface area contributed by atoms with E-state index in [9.17, 15) is 13.2 Å². The highest BCUT2D eigenvalue weighted by Gasteiger charge is 2.36.